The fraction of sp³-hybridized carbons (Fsp3) is 0.292. The van der Waals surface area contributed by atoms with Gasteiger partial charge in [0.2, 0.25) is 0 Å². The van der Waals surface area contributed by atoms with Gasteiger partial charge in [-0.05, 0) is 30.0 Å². The van der Waals surface area contributed by atoms with Crippen LogP contribution < -0.4 is 4.90 Å². The minimum atomic E-state index is -1.56. The van der Waals surface area contributed by atoms with Gasteiger partial charge in [0.15, 0.2) is 11.2 Å². The van der Waals surface area contributed by atoms with E-state index in [4.69, 9.17) is 0 Å². The number of para-hydroxylation sites is 1. The number of Topliss-reactive ketones (excluding diaryl/α,β-unsaturated/α-hetero) is 1. The molecule has 0 amide bonds. The molecule has 7 nitrogen and oxygen atoms in total. The van der Waals surface area contributed by atoms with Crippen LogP contribution in [0.2, 0.25) is 0 Å². The van der Waals surface area contributed by atoms with Gasteiger partial charge in [-0.1, -0.05) is 42.5 Å². The second kappa shape index (κ2) is 6.78. The molecule has 0 N–H and O–H groups in total. The summed E-state index contributed by atoms with van der Waals surface area (Å²) in [6.45, 7) is 0. The third kappa shape index (κ3) is 2.67. The highest BCUT2D eigenvalue weighted by molar-refractivity contribution is 5.95. The lowest BCUT2D eigenvalue weighted by Crippen LogP contribution is -2.44. The molecule has 1 saturated heterocycles. The standard InChI is InChI=1S/C24H18N4O3/c25-13-24(14-26)20-11-10-15-4-1-2-7-19(15)27(20)22(23(29)16-8-9-16)21(24)17-5-3-6-18(12-17)28(30)31/h1-7,10-12,16,20-22H,8-9H2/t20-,21+,22-/m1/s1. The molecule has 0 bridgehead atoms. The van der Waals surface area contributed by atoms with Crippen LogP contribution in [0, 0.1) is 44.1 Å². The Kier molecular flexibility index (Phi) is 4.16. The van der Waals surface area contributed by atoms with Crippen LogP contribution in [0.25, 0.3) is 6.08 Å². The SMILES string of the molecule is N#CC1(C#N)[C@@H](c2cccc([N+](=O)[O-])c2)[C@H](C(=O)C2CC2)N2c3ccccc3C=C[C@@H]21. The molecule has 2 heterocycles. The largest absolute Gasteiger partial charge is 0.351 e. The maximum atomic E-state index is 13.6. The number of anilines is 1. The van der Waals surface area contributed by atoms with Crippen molar-refractivity contribution in [1.29, 1.82) is 10.5 Å². The Morgan fingerprint density at radius 1 is 1.13 bits per heavy atom. The molecule has 2 aliphatic heterocycles. The van der Waals surface area contributed by atoms with Gasteiger partial charge in [0.1, 0.15) is 0 Å². The number of hydrogen-bond donors (Lipinski definition) is 0. The monoisotopic (exact) mass is 410 g/mol. The summed E-state index contributed by atoms with van der Waals surface area (Å²) < 4.78 is 0. The fourth-order valence-corrected chi connectivity index (χ4v) is 5.07. The number of rotatable bonds is 4. The smallest absolute Gasteiger partial charge is 0.269 e. The summed E-state index contributed by atoms with van der Waals surface area (Å²) in [6.07, 6.45) is 5.28. The van der Waals surface area contributed by atoms with E-state index in [1.165, 1.54) is 12.1 Å². The van der Waals surface area contributed by atoms with E-state index < -0.39 is 28.3 Å². The zero-order chi connectivity index (χ0) is 21.8. The van der Waals surface area contributed by atoms with Crippen molar-refractivity contribution < 1.29 is 9.72 Å². The van der Waals surface area contributed by atoms with Crippen LogP contribution in [-0.4, -0.2) is 22.8 Å². The lowest BCUT2D eigenvalue weighted by Gasteiger charge is -2.35. The summed E-state index contributed by atoms with van der Waals surface area (Å²) in [6, 6.07) is 16.7. The van der Waals surface area contributed by atoms with Crippen molar-refractivity contribution in [3.8, 4) is 12.1 Å². The number of nitro benzene ring substituents is 1. The summed E-state index contributed by atoms with van der Waals surface area (Å²) in [5, 5.41) is 32.0. The van der Waals surface area contributed by atoms with Crippen LogP contribution in [0.3, 0.4) is 0 Å². The topological polar surface area (TPSA) is 111 Å². The summed E-state index contributed by atoms with van der Waals surface area (Å²) in [4.78, 5) is 26.4. The number of benzene rings is 2. The molecule has 7 heteroatoms. The summed E-state index contributed by atoms with van der Waals surface area (Å²) in [5.41, 5.74) is 0.500. The first kappa shape index (κ1) is 19.0. The maximum Gasteiger partial charge on any atom is 0.269 e. The Labute approximate surface area is 179 Å². The second-order valence-corrected chi connectivity index (χ2v) is 8.31. The first-order valence-corrected chi connectivity index (χ1v) is 10.2. The predicted octanol–water partition coefficient (Wildman–Crippen LogP) is 3.98. The van der Waals surface area contributed by atoms with E-state index in [-0.39, 0.29) is 17.4 Å². The third-order valence-electron chi connectivity index (χ3n) is 6.63. The zero-order valence-electron chi connectivity index (χ0n) is 16.5. The van der Waals surface area contributed by atoms with E-state index in [0.29, 0.717) is 5.56 Å². The highest BCUT2D eigenvalue weighted by Crippen LogP contribution is 2.56. The van der Waals surface area contributed by atoms with Crippen LogP contribution >= 0.6 is 0 Å². The van der Waals surface area contributed by atoms with Crippen LogP contribution in [0.4, 0.5) is 11.4 Å². The van der Waals surface area contributed by atoms with Crippen molar-refractivity contribution in [2.75, 3.05) is 4.90 Å². The molecule has 0 aromatic heterocycles. The number of carbonyl (C=O) groups excluding carboxylic acids is 1. The summed E-state index contributed by atoms with van der Waals surface area (Å²) >= 11 is 0. The number of nitro groups is 1. The average molecular weight is 410 g/mol. The molecule has 0 radical (unpaired) electrons. The van der Waals surface area contributed by atoms with Gasteiger partial charge in [0.05, 0.1) is 29.1 Å². The molecule has 1 aliphatic carbocycles. The van der Waals surface area contributed by atoms with Crippen molar-refractivity contribution in [2.24, 2.45) is 11.3 Å². The lowest BCUT2D eigenvalue weighted by atomic mass is 9.69. The van der Waals surface area contributed by atoms with Gasteiger partial charge in [0.25, 0.3) is 5.69 Å². The van der Waals surface area contributed by atoms with Crippen molar-refractivity contribution in [3.63, 3.8) is 0 Å². The van der Waals surface area contributed by atoms with Crippen LogP contribution in [0.5, 0.6) is 0 Å². The molecule has 2 aromatic carbocycles. The Hall–Kier alpha value is -3.97. The molecule has 0 spiro atoms. The van der Waals surface area contributed by atoms with Crippen molar-refractivity contribution in [1.82, 2.24) is 0 Å². The van der Waals surface area contributed by atoms with Gasteiger partial charge in [-0.2, -0.15) is 10.5 Å². The minimum Gasteiger partial charge on any atom is -0.351 e. The quantitative estimate of drug-likeness (QED) is 0.557. The van der Waals surface area contributed by atoms with Crippen LogP contribution in [0.1, 0.15) is 29.9 Å². The fourth-order valence-electron chi connectivity index (χ4n) is 5.07. The number of carbonyl (C=O) groups is 1. The predicted molar refractivity (Wildman–Crippen MR) is 113 cm³/mol. The van der Waals surface area contributed by atoms with E-state index in [9.17, 15) is 25.4 Å². The molecular formula is C24H18N4O3. The molecule has 3 aliphatic rings. The highest BCUT2D eigenvalue weighted by atomic mass is 16.6. The van der Waals surface area contributed by atoms with Gasteiger partial charge in [0, 0.05) is 29.7 Å². The van der Waals surface area contributed by atoms with Crippen LogP contribution in [-0.2, 0) is 4.79 Å². The van der Waals surface area contributed by atoms with Crippen molar-refractivity contribution >= 4 is 23.2 Å². The lowest BCUT2D eigenvalue weighted by molar-refractivity contribution is -0.384. The van der Waals surface area contributed by atoms with Gasteiger partial charge in [-0.25, -0.2) is 0 Å². The van der Waals surface area contributed by atoms with Crippen molar-refractivity contribution in [2.45, 2.75) is 30.8 Å². The molecule has 2 fully saturated rings. The average Bonchev–Trinajstić information content (AvgIpc) is 3.60. The summed E-state index contributed by atoms with van der Waals surface area (Å²) in [5.74, 6) is -0.909. The number of ketones is 1. The number of non-ortho nitro benzene ring substituents is 1. The number of fused-ring (bicyclic) bond motifs is 3. The highest BCUT2D eigenvalue weighted by Gasteiger charge is 2.64. The zero-order valence-corrected chi connectivity index (χ0v) is 16.5. The van der Waals surface area contributed by atoms with Gasteiger partial charge < -0.3 is 4.90 Å². The maximum absolute atomic E-state index is 13.6. The Morgan fingerprint density at radius 3 is 2.55 bits per heavy atom. The molecule has 152 valence electrons. The normalized spacial score (nSPS) is 25.1. The number of hydrogen-bond acceptors (Lipinski definition) is 6. The number of nitrogens with zero attached hydrogens (tertiary/aromatic N) is 4. The van der Waals surface area contributed by atoms with Crippen LogP contribution in [0.15, 0.2) is 54.6 Å². The van der Waals surface area contributed by atoms with Crippen molar-refractivity contribution in [3.05, 3.63) is 75.8 Å². The van der Waals surface area contributed by atoms with E-state index in [2.05, 4.69) is 12.1 Å². The van der Waals surface area contributed by atoms with E-state index in [0.717, 1.165) is 24.1 Å². The Bertz CT molecular complexity index is 1200. The first-order valence-electron chi connectivity index (χ1n) is 10.2. The molecule has 2 aromatic rings. The Balaban J connectivity index is 1.77. The van der Waals surface area contributed by atoms with Gasteiger partial charge >= 0.3 is 0 Å². The van der Waals surface area contributed by atoms with E-state index >= 15 is 0 Å². The molecule has 1 saturated carbocycles. The molecular weight excluding hydrogens is 392 g/mol. The molecule has 0 unspecified atom stereocenters. The van der Waals surface area contributed by atoms with E-state index in [1.807, 2.05) is 41.3 Å². The van der Waals surface area contributed by atoms with Gasteiger partial charge in [-0.3, -0.25) is 14.9 Å². The third-order valence-corrected chi connectivity index (χ3v) is 6.63. The number of nitriles is 2. The minimum absolute atomic E-state index is 0.000941. The molecule has 3 atom stereocenters. The molecule has 31 heavy (non-hydrogen) atoms. The molecule has 5 rings (SSSR count). The first-order chi connectivity index (χ1) is 15.0. The van der Waals surface area contributed by atoms with Gasteiger partial charge in [-0.15, -0.1) is 0 Å². The Morgan fingerprint density at radius 2 is 1.87 bits per heavy atom. The summed E-state index contributed by atoms with van der Waals surface area (Å²) in [7, 11) is 0. The second-order valence-electron chi connectivity index (χ2n) is 8.31. The van der Waals surface area contributed by atoms with E-state index in [1.54, 1.807) is 12.1 Å².